The Kier molecular flexibility index (Phi) is 6.19. The summed E-state index contributed by atoms with van der Waals surface area (Å²) >= 11 is 1.43. The number of carbonyl (C=O) groups excluding carboxylic acids is 1. The summed E-state index contributed by atoms with van der Waals surface area (Å²) in [6, 6.07) is 15.5. The molecule has 27 heavy (non-hydrogen) atoms. The average molecular weight is 382 g/mol. The molecule has 0 aliphatic heterocycles. The predicted molar refractivity (Wildman–Crippen MR) is 110 cm³/mol. The minimum absolute atomic E-state index is 0.0662. The number of hydrogen-bond donors (Lipinski definition) is 1. The van der Waals surface area contributed by atoms with E-state index in [9.17, 15) is 4.79 Å². The molecule has 0 fully saturated rings. The minimum atomic E-state index is -0.290. The van der Waals surface area contributed by atoms with Crippen molar-refractivity contribution >= 4 is 23.4 Å². The molecule has 6 heteroatoms. The van der Waals surface area contributed by atoms with Crippen molar-refractivity contribution in [2.24, 2.45) is 0 Å². The molecule has 3 rings (SSSR count). The van der Waals surface area contributed by atoms with E-state index in [-0.39, 0.29) is 11.2 Å². The molecule has 0 radical (unpaired) electrons. The number of aryl methyl sites for hydroxylation is 1. The second-order valence-corrected chi connectivity index (χ2v) is 7.38. The summed E-state index contributed by atoms with van der Waals surface area (Å²) in [4.78, 5) is 17.0. The Labute approximate surface area is 163 Å². The number of ether oxygens (including phenoxy) is 1. The van der Waals surface area contributed by atoms with Crippen LogP contribution in [0.25, 0.3) is 5.69 Å². The second-order valence-electron chi connectivity index (χ2n) is 6.07. The number of anilines is 1. The summed E-state index contributed by atoms with van der Waals surface area (Å²) in [7, 11) is 0. The van der Waals surface area contributed by atoms with E-state index in [2.05, 4.69) is 23.3 Å². The fourth-order valence-corrected chi connectivity index (χ4v) is 3.53. The maximum Gasteiger partial charge on any atom is 0.237 e. The van der Waals surface area contributed by atoms with Gasteiger partial charge in [0.2, 0.25) is 5.91 Å². The smallest absolute Gasteiger partial charge is 0.237 e. The number of carbonyl (C=O) groups is 1. The van der Waals surface area contributed by atoms with Crippen LogP contribution in [0.1, 0.15) is 19.4 Å². The van der Waals surface area contributed by atoms with E-state index < -0.39 is 0 Å². The van der Waals surface area contributed by atoms with E-state index in [0.29, 0.717) is 6.61 Å². The Bertz CT molecular complexity index is 906. The Morgan fingerprint density at radius 3 is 2.67 bits per heavy atom. The first kappa shape index (κ1) is 19.0. The lowest BCUT2D eigenvalue weighted by Gasteiger charge is -2.14. The zero-order chi connectivity index (χ0) is 19.2. The highest BCUT2D eigenvalue weighted by atomic mass is 32.2. The van der Waals surface area contributed by atoms with Gasteiger partial charge in [-0.3, -0.25) is 9.36 Å². The molecule has 0 bridgehead atoms. The largest absolute Gasteiger partial charge is 0.494 e. The number of nitrogens with zero attached hydrogens (tertiary/aromatic N) is 2. The maximum atomic E-state index is 12.6. The number of amides is 1. The van der Waals surface area contributed by atoms with Gasteiger partial charge in [0, 0.05) is 18.1 Å². The fourth-order valence-electron chi connectivity index (χ4n) is 2.65. The van der Waals surface area contributed by atoms with Crippen LogP contribution in [0.3, 0.4) is 0 Å². The molecule has 1 heterocycles. The molecule has 0 spiro atoms. The summed E-state index contributed by atoms with van der Waals surface area (Å²) in [5.41, 5.74) is 2.97. The SMILES string of the molecule is CCOc1ccc(NC(=O)C(C)Sc2nccn2-c2ccccc2C)cc1. The molecule has 1 N–H and O–H groups in total. The van der Waals surface area contributed by atoms with E-state index >= 15 is 0 Å². The van der Waals surface area contributed by atoms with E-state index in [1.165, 1.54) is 11.8 Å². The lowest BCUT2D eigenvalue weighted by molar-refractivity contribution is -0.115. The van der Waals surface area contributed by atoms with Crippen LogP contribution in [0, 0.1) is 6.92 Å². The zero-order valence-corrected chi connectivity index (χ0v) is 16.5. The number of benzene rings is 2. The first-order valence-electron chi connectivity index (χ1n) is 8.88. The van der Waals surface area contributed by atoms with Gasteiger partial charge in [0.15, 0.2) is 5.16 Å². The first-order valence-corrected chi connectivity index (χ1v) is 9.76. The molecular formula is C21H23N3O2S. The van der Waals surface area contributed by atoms with Crippen LogP contribution in [-0.2, 0) is 4.79 Å². The van der Waals surface area contributed by atoms with E-state index in [1.807, 2.05) is 67.1 Å². The Morgan fingerprint density at radius 1 is 1.22 bits per heavy atom. The van der Waals surface area contributed by atoms with Crippen LogP contribution in [0.4, 0.5) is 5.69 Å². The van der Waals surface area contributed by atoms with Crippen molar-refractivity contribution in [1.82, 2.24) is 9.55 Å². The van der Waals surface area contributed by atoms with Gasteiger partial charge in [-0.25, -0.2) is 4.98 Å². The van der Waals surface area contributed by atoms with Crippen LogP contribution in [0.2, 0.25) is 0 Å². The third-order valence-electron chi connectivity index (χ3n) is 4.07. The quantitative estimate of drug-likeness (QED) is 0.603. The monoisotopic (exact) mass is 381 g/mol. The highest BCUT2D eigenvalue weighted by Crippen LogP contribution is 2.27. The van der Waals surface area contributed by atoms with Crippen LogP contribution >= 0.6 is 11.8 Å². The Hall–Kier alpha value is -2.73. The van der Waals surface area contributed by atoms with Gasteiger partial charge < -0.3 is 10.1 Å². The molecule has 0 saturated carbocycles. The van der Waals surface area contributed by atoms with Crippen LogP contribution in [0.15, 0.2) is 66.1 Å². The molecule has 1 aromatic heterocycles. The Balaban J connectivity index is 1.67. The summed E-state index contributed by atoms with van der Waals surface area (Å²) in [5.74, 6) is 0.724. The summed E-state index contributed by atoms with van der Waals surface area (Å²) in [6.45, 7) is 6.50. The normalized spacial score (nSPS) is 11.8. The van der Waals surface area contributed by atoms with Crippen molar-refractivity contribution in [3.8, 4) is 11.4 Å². The van der Waals surface area contributed by atoms with Gasteiger partial charge in [-0.15, -0.1) is 0 Å². The molecule has 1 unspecified atom stereocenters. The van der Waals surface area contributed by atoms with Gasteiger partial charge in [-0.05, 0) is 56.7 Å². The van der Waals surface area contributed by atoms with E-state index in [4.69, 9.17) is 4.74 Å². The fraction of sp³-hybridized carbons (Fsp3) is 0.238. The molecule has 3 aromatic rings. The molecule has 1 atom stereocenters. The number of nitrogens with one attached hydrogen (secondary N) is 1. The molecule has 1 amide bonds. The second kappa shape index (κ2) is 8.77. The van der Waals surface area contributed by atoms with Crippen molar-refractivity contribution in [2.75, 3.05) is 11.9 Å². The lowest BCUT2D eigenvalue weighted by atomic mass is 10.2. The van der Waals surface area contributed by atoms with Gasteiger partial charge in [-0.1, -0.05) is 30.0 Å². The standard InChI is InChI=1S/C21H23N3O2S/c1-4-26-18-11-9-17(10-12-18)23-20(25)16(3)27-21-22-13-14-24(21)19-8-6-5-7-15(19)2/h5-14,16H,4H2,1-3H3,(H,23,25). The summed E-state index contributed by atoms with van der Waals surface area (Å²) < 4.78 is 7.43. The van der Waals surface area contributed by atoms with Crippen LogP contribution in [-0.4, -0.2) is 27.3 Å². The van der Waals surface area contributed by atoms with Gasteiger partial charge in [-0.2, -0.15) is 0 Å². The first-order chi connectivity index (χ1) is 13.1. The van der Waals surface area contributed by atoms with Gasteiger partial charge >= 0.3 is 0 Å². The highest BCUT2D eigenvalue weighted by Gasteiger charge is 2.18. The molecular weight excluding hydrogens is 358 g/mol. The molecule has 0 aliphatic rings. The topological polar surface area (TPSA) is 56.1 Å². The van der Waals surface area contributed by atoms with E-state index in [0.717, 1.165) is 27.8 Å². The van der Waals surface area contributed by atoms with Crippen molar-refractivity contribution in [3.63, 3.8) is 0 Å². The number of imidazole rings is 1. The minimum Gasteiger partial charge on any atom is -0.494 e. The van der Waals surface area contributed by atoms with Crippen molar-refractivity contribution in [3.05, 3.63) is 66.5 Å². The third kappa shape index (κ3) is 4.71. The summed E-state index contributed by atoms with van der Waals surface area (Å²) in [5, 5.41) is 3.44. The van der Waals surface area contributed by atoms with Crippen molar-refractivity contribution in [1.29, 1.82) is 0 Å². The van der Waals surface area contributed by atoms with Gasteiger partial charge in [0.05, 0.1) is 17.5 Å². The maximum absolute atomic E-state index is 12.6. The number of para-hydroxylation sites is 1. The van der Waals surface area contributed by atoms with Gasteiger partial charge in [0.1, 0.15) is 5.75 Å². The average Bonchev–Trinajstić information content (AvgIpc) is 3.11. The molecule has 0 aliphatic carbocycles. The predicted octanol–water partition coefficient (Wildman–Crippen LogP) is 4.70. The molecule has 0 saturated heterocycles. The van der Waals surface area contributed by atoms with Crippen molar-refractivity contribution in [2.45, 2.75) is 31.2 Å². The number of rotatable bonds is 7. The summed E-state index contributed by atoms with van der Waals surface area (Å²) in [6.07, 6.45) is 3.67. The molecule has 140 valence electrons. The number of aromatic nitrogens is 2. The van der Waals surface area contributed by atoms with Gasteiger partial charge in [0.25, 0.3) is 0 Å². The highest BCUT2D eigenvalue weighted by molar-refractivity contribution is 8.00. The van der Waals surface area contributed by atoms with Crippen molar-refractivity contribution < 1.29 is 9.53 Å². The number of thioether (sulfide) groups is 1. The third-order valence-corrected chi connectivity index (χ3v) is 5.15. The zero-order valence-electron chi connectivity index (χ0n) is 15.7. The van der Waals surface area contributed by atoms with E-state index in [1.54, 1.807) is 6.20 Å². The number of hydrogen-bond acceptors (Lipinski definition) is 4. The molecule has 2 aromatic carbocycles. The molecule has 5 nitrogen and oxygen atoms in total. The Morgan fingerprint density at radius 2 is 1.96 bits per heavy atom. The lowest BCUT2D eigenvalue weighted by Crippen LogP contribution is -2.22. The van der Waals surface area contributed by atoms with Crippen LogP contribution in [0.5, 0.6) is 5.75 Å². The van der Waals surface area contributed by atoms with Crippen LogP contribution < -0.4 is 10.1 Å².